The van der Waals surface area contributed by atoms with Gasteiger partial charge in [-0.3, -0.25) is 19.3 Å². The second kappa shape index (κ2) is 9.06. The third kappa shape index (κ3) is 4.01. The standard InChI is InChI=1S/C26H23ClN2O5/c27-18-8-4-5-9-19(18)28-21(30)14-34-26(33)20(12-15-6-2-1-3-7-15)29-24(31)22-16-10-11-17(13-16)23(22)25(29)32/h1-11,16-17,20,22-23H,12-14H2,(H,28,30)/t16-,17-,20-,22-,23+/m0/s1. The lowest BCUT2D eigenvalue weighted by Gasteiger charge is -2.26. The topological polar surface area (TPSA) is 92.8 Å². The molecule has 1 N–H and O–H groups in total. The molecule has 1 aliphatic heterocycles. The minimum absolute atomic E-state index is 0.0336. The van der Waals surface area contributed by atoms with E-state index in [0.29, 0.717) is 10.7 Å². The van der Waals surface area contributed by atoms with Gasteiger partial charge in [-0.2, -0.15) is 0 Å². The molecule has 174 valence electrons. The highest BCUT2D eigenvalue weighted by Gasteiger charge is 2.61. The molecular weight excluding hydrogens is 456 g/mol. The number of hydrogen-bond donors (Lipinski definition) is 1. The number of para-hydroxylation sites is 1. The number of fused-ring (bicyclic) bond motifs is 5. The Morgan fingerprint density at radius 2 is 1.59 bits per heavy atom. The van der Waals surface area contributed by atoms with Gasteiger partial charge in [0.2, 0.25) is 11.8 Å². The fourth-order valence-corrected chi connectivity index (χ4v) is 5.51. The molecule has 1 saturated carbocycles. The molecular formula is C26H23ClN2O5. The van der Waals surface area contributed by atoms with Gasteiger partial charge in [-0.05, 0) is 36.0 Å². The van der Waals surface area contributed by atoms with Gasteiger partial charge >= 0.3 is 5.97 Å². The number of rotatable bonds is 7. The number of esters is 1. The van der Waals surface area contributed by atoms with Crippen molar-refractivity contribution >= 4 is 41.0 Å². The molecule has 2 aliphatic carbocycles. The van der Waals surface area contributed by atoms with E-state index in [-0.39, 0.29) is 30.1 Å². The third-order valence-corrected chi connectivity index (χ3v) is 7.18. The van der Waals surface area contributed by atoms with Crippen molar-refractivity contribution < 1.29 is 23.9 Å². The molecule has 34 heavy (non-hydrogen) atoms. The first kappa shape index (κ1) is 22.3. The first-order valence-corrected chi connectivity index (χ1v) is 11.6. The molecule has 2 aromatic carbocycles. The van der Waals surface area contributed by atoms with Crippen LogP contribution in [0.2, 0.25) is 5.02 Å². The van der Waals surface area contributed by atoms with Gasteiger partial charge < -0.3 is 10.1 Å². The molecule has 3 amide bonds. The van der Waals surface area contributed by atoms with Crippen molar-refractivity contribution in [2.45, 2.75) is 18.9 Å². The molecule has 3 aliphatic rings. The van der Waals surface area contributed by atoms with E-state index in [0.717, 1.165) is 16.9 Å². The quantitative estimate of drug-likeness (QED) is 0.374. The lowest BCUT2D eigenvalue weighted by molar-refractivity contribution is -0.160. The Kier molecular flexibility index (Phi) is 5.96. The summed E-state index contributed by atoms with van der Waals surface area (Å²) >= 11 is 6.06. The highest BCUT2D eigenvalue weighted by Crippen LogP contribution is 2.53. The number of amides is 3. The van der Waals surface area contributed by atoms with Gasteiger partial charge in [-0.15, -0.1) is 0 Å². The summed E-state index contributed by atoms with van der Waals surface area (Å²) in [4.78, 5) is 53.2. The van der Waals surface area contributed by atoms with Crippen molar-refractivity contribution in [3.8, 4) is 0 Å². The molecule has 2 fully saturated rings. The van der Waals surface area contributed by atoms with Crippen LogP contribution in [0.1, 0.15) is 12.0 Å². The minimum Gasteiger partial charge on any atom is -0.454 e. The van der Waals surface area contributed by atoms with Crippen LogP contribution in [0.25, 0.3) is 0 Å². The number of nitrogens with zero attached hydrogens (tertiary/aromatic N) is 1. The van der Waals surface area contributed by atoms with Gasteiger partial charge in [-0.1, -0.05) is 66.2 Å². The highest BCUT2D eigenvalue weighted by atomic mass is 35.5. The van der Waals surface area contributed by atoms with E-state index in [4.69, 9.17) is 16.3 Å². The number of imide groups is 1. The predicted molar refractivity (Wildman–Crippen MR) is 125 cm³/mol. The molecule has 5 atom stereocenters. The zero-order valence-electron chi connectivity index (χ0n) is 18.2. The van der Waals surface area contributed by atoms with Crippen LogP contribution >= 0.6 is 11.6 Å². The van der Waals surface area contributed by atoms with Gasteiger partial charge in [0.25, 0.3) is 5.91 Å². The number of carbonyl (C=O) groups is 4. The van der Waals surface area contributed by atoms with Gasteiger partial charge in [0.05, 0.1) is 22.5 Å². The average Bonchev–Trinajstić information content (AvgIpc) is 3.52. The smallest absolute Gasteiger partial charge is 0.330 e. The van der Waals surface area contributed by atoms with Gasteiger partial charge in [0.1, 0.15) is 6.04 Å². The second-order valence-corrected chi connectivity index (χ2v) is 9.29. The average molecular weight is 479 g/mol. The van der Waals surface area contributed by atoms with Gasteiger partial charge in [-0.25, -0.2) is 4.79 Å². The number of nitrogens with one attached hydrogen (secondary N) is 1. The number of likely N-dealkylation sites (tertiary alicyclic amines) is 1. The van der Waals surface area contributed by atoms with E-state index in [1.54, 1.807) is 24.3 Å². The summed E-state index contributed by atoms with van der Waals surface area (Å²) in [6, 6.07) is 14.7. The van der Waals surface area contributed by atoms with Gasteiger partial charge in [0, 0.05) is 6.42 Å². The SMILES string of the molecule is O=C(COC(=O)[C@H](Cc1ccccc1)N1C(=O)[C@@H]2[C@H](C1=O)[C@H]1C=C[C@H]2C1)Nc1ccccc1Cl. The summed E-state index contributed by atoms with van der Waals surface area (Å²) in [5.74, 6) is -2.79. The molecule has 1 saturated heterocycles. The maximum atomic E-state index is 13.3. The monoisotopic (exact) mass is 478 g/mol. The molecule has 0 aromatic heterocycles. The highest BCUT2D eigenvalue weighted by molar-refractivity contribution is 6.33. The first-order valence-electron chi connectivity index (χ1n) is 11.2. The van der Waals surface area contributed by atoms with Crippen LogP contribution in [0.15, 0.2) is 66.7 Å². The Labute approximate surface area is 201 Å². The van der Waals surface area contributed by atoms with Gasteiger partial charge in [0.15, 0.2) is 6.61 Å². The molecule has 2 bridgehead atoms. The number of ether oxygens (including phenoxy) is 1. The Bertz CT molecular complexity index is 1150. The fraction of sp³-hybridized carbons (Fsp3) is 0.308. The second-order valence-electron chi connectivity index (χ2n) is 8.89. The van der Waals surface area contributed by atoms with Crippen molar-refractivity contribution in [1.29, 1.82) is 0 Å². The number of anilines is 1. The first-order chi connectivity index (χ1) is 16.4. The zero-order valence-corrected chi connectivity index (χ0v) is 19.0. The number of carbonyl (C=O) groups excluding carboxylic acids is 4. The van der Waals surface area contributed by atoms with Crippen LogP contribution < -0.4 is 5.32 Å². The third-order valence-electron chi connectivity index (χ3n) is 6.85. The normalized spacial score (nSPS) is 25.4. The Morgan fingerprint density at radius 3 is 2.24 bits per heavy atom. The summed E-state index contributed by atoms with van der Waals surface area (Å²) in [5, 5.41) is 2.94. The molecule has 0 unspecified atom stereocenters. The van der Waals surface area contributed by atoms with E-state index in [2.05, 4.69) is 5.32 Å². The van der Waals surface area contributed by atoms with Crippen LogP contribution in [0, 0.1) is 23.7 Å². The molecule has 8 heteroatoms. The van der Waals surface area contributed by atoms with Crippen molar-refractivity contribution in [3.63, 3.8) is 0 Å². The Balaban J connectivity index is 1.32. The van der Waals surface area contributed by atoms with Crippen molar-refractivity contribution in [1.82, 2.24) is 4.90 Å². The van der Waals surface area contributed by atoms with Crippen molar-refractivity contribution in [2.75, 3.05) is 11.9 Å². The molecule has 0 radical (unpaired) electrons. The number of hydrogen-bond acceptors (Lipinski definition) is 5. The summed E-state index contributed by atoms with van der Waals surface area (Å²) < 4.78 is 5.29. The van der Waals surface area contributed by atoms with E-state index >= 15 is 0 Å². The maximum absolute atomic E-state index is 13.3. The van der Waals surface area contributed by atoms with Crippen molar-refractivity contribution in [3.05, 3.63) is 77.3 Å². The lowest BCUT2D eigenvalue weighted by atomic mass is 9.85. The predicted octanol–water partition coefficient (Wildman–Crippen LogP) is 3.24. The van der Waals surface area contributed by atoms with Crippen LogP contribution in [0.3, 0.4) is 0 Å². The molecule has 5 rings (SSSR count). The van der Waals surface area contributed by atoms with E-state index in [1.807, 2.05) is 42.5 Å². The summed E-state index contributed by atoms with van der Waals surface area (Å²) in [7, 11) is 0. The zero-order chi connectivity index (χ0) is 23.8. The largest absolute Gasteiger partial charge is 0.454 e. The molecule has 7 nitrogen and oxygen atoms in total. The number of halogens is 1. The number of benzene rings is 2. The summed E-state index contributed by atoms with van der Waals surface area (Å²) in [6.45, 7) is -0.564. The minimum atomic E-state index is -1.14. The lowest BCUT2D eigenvalue weighted by Crippen LogP contribution is -2.48. The van der Waals surface area contributed by atoms with Crippen LogP contribution in [0.5, 0.6) is 0 Å². The van der Waals surface area contributed by atoms with E-state index in [9.17, 15) is 19.2 Å². The van der Waals surface area contributed by atoms with Crippen molar-refractivity contribution in [2.24, 2.45) is 23.7 Å². The summed E-state index contributed by atoms with van der Waals surface area (Å²) in [6.07, 6.45) is 4.93. The fourth-order valence-electron chi connectivity index (χ4n) is 5.33. The molecule has 0 spiro atoms. The number of allylic oxidation sites excluding steroid dienone is 2. The maximum Gasteiger partial charge on any atom is 0.330 e. The Hall–Kier alpha value is -3.45. The molecule has 1 heterocycles. The molecule has 2 aromatic rings. The Morgan fingerprint density at radius 1 is 0.971 bits per heavy atom. The van der Waals surface area contributed by atoms with Crippen LogP contribution in [-0.4, -0.2) is 41.2 Å². The van der Waals surface area contributed by atoms with E-state index in [1.165, 1.54) is 0 Å². The van der Waals surface area contributed by atoms with E-state index < -0.39 is 36.4 Å². The van der Waals surface area contributed by atoms with Crippen LogP contribution in [-0.2, 0) is 30.3 Å². The summed E-state index contributed by atoms with van der Waals surface area (Å²) in [5.41, 5.74) is 1.18. The van der Waals surface area contributed by atoms with Crippen LogP contribution in [0.4, 0.5) is 5.69 Å².